The Kier molecular flexibility index (Phi) is 4.24. The van der Waals surface area contributed by atoms with Crippen LogP contribution in [-0.2, 0) is 23.0 Å². The van der Waals surface area contributed by atoms with Gasteiger partial charge < -0.3 is 14.6 Å². The lowest BCUT2D eigenvalue weighted by Crippen LogP contribution is -2.44. The zero-order valence-electron chi connectivity index (χ0n) is 13.0. The second-order valence-corrected chi connectivity index (χ2v) is 5.58. The van der Waals surface area contributed by atoms with Gasteiger partial charge in [0.1, 0.15) is 11.9 Å². The summed E-state index contributed by atoms with van der Waals surface area (Å²) in [7, 11) is 1.89. The number of morpholine rings is 1. The second-order valence-electron chi connectivity index (χ2n) is 5.58. The predicted octanol–water partition coefficient (Wildman–Crippen LogP) is 0.984. The third-order valence-corrected chi connectivity index (χ3v) is 4.00. The van der Waals surface area contributed by atoms with Crippen molar-refractivity contribution in [1.29, 1.82) is 0 Å². The number of aromatic amines is 1. The topological polar surface area (TPSA) is 76.0 Å². The van der Waals surface area contributed by atoms with E-state index in [0.29, 0.717) is 32.6 Å². The molecular formula is C15H21N5O2. The molecule has 1 amide bonds. The number of carbonyl (C=O) groups excluding carboxylic acids is 1. The van der Waals surface area contributed by atoms with E-state index in [2.05, 4.69) is 15.1 Å². The van der Waals surface area contributed by atoms with Gasteiger partial charge in [-0.3, -0.25) is 9.48 Å². The molecule has 0 radical (unpaired) electrons. The van der Waals surface area contributed by atoms with Crippen LogP contribution in [0, 0.1) is 6.92 Å². The van der Waals surface area contributed by atoms with Crippen molar-refractivity contribution in [2.45, 2.75) is 25.8 Å². The summed E-state index contributed by atoms with van der Waals surface area (Å²) < 4.78 is 7.33. The molecule has 1 atom stereocenters. The third-order valence-electron chi connectivity index (χ3n) is 4.00. The van der Waals surface area contributed by atoms with Crippen LogP contribution >= 0.6 is 0 Å². The molecule has 7 nitrogen and oxygen atoms in total. The van der Waals surface area contributed by atoms with Gasteiger partial charge >= 0.3 is 0 Å². The number of rotatable bonds is 4. The molecule has 3 heterocycles. The SMILES string of the molecule is Cc1cnc([C@@H]2COCCN2C(=O)CCc2ccnn2C)[nH]1. The Hall–Kier alpha value is -2.15. The van der Waals surface area contributed by atoms with Gasteiger partial charge in [-0.25, -0.2) is 4.98 Å². The van der Waals surface area contributed by atoms with E-state index in [4.69, 9.17) is 4.74 Å². The molecule has 2 aromatic heterocycles. The molecule has 0 bridgehead atoms. The summed E-state index contributed by atoms with van der Waals surface area (Å²) in [5, 5.41) is 4.13. The highest BCUT2D eigenvalue weighted by Crippen LogP contribution is 2.23. The fraction of sp³-hybridized carbons (Fsp3) is 0.533. The first-order valence-electron chi connectivity index (χ1n) is 7.51. The Balaban J connectivity index is 1.67. The molecular weight excluding hydrogens is 282 g/mol. The van der Waals surface area contributed by atoms with Gasteiger partial charge in [0, 0.05) is 43.8 Å². The molecule has 0 spiro atoms. The minimum atomic E-state index is -0.124. The number of H-pyrrole nitrogens is 1. The van der Waals surface area contributed by atoms with Crippen molar-refractivity contribution in [3.63, 3.8) is 0 Å². The first kappa shape index (κ1) is 14.8. The Morgan fingerprint density at radius 2 is 2.41 bits per heavy atom. The van der Waals surface area contributed by atoms with Crippen LogP contribution in [0.4, 0.5) is 0 Å². The first-order chi connectivity index (χ1) is 10.6. The van der Waals surface area contributed by atoms with Gasteiger partial charge in [-0.1, -0.05) is 0 Å². The minimum absolute atomic E-state index is 0.124. The number of aromatic nitrogens is 4. The van der Waals surface area contributed by atoms with Crippen LogP contribution in [0.3, 0.4) is 0 Å². The lowest BCUT2D eigenvalue weighted by molar-refractivity contribution is -0.140. The fourth-order valence-corrected chi connectivity index (χ4v) is 2.76. The van der Waals surface area contributed by atoms with Crippen LogP contribution in [-0.4, -0.2) is 50.3 Å². The summed E-state index contributed by atoms with van der Waals surface area (Å²) in [5.74, 6) is 0.926. The van der Waals surface area contributed by atoms with Crippen LogP contribution in [0.15, 0.2) is 18.5 Å². The number of carbonyl (C=O) groups is 1. The highest BCUT2D eigenvalue weighted by molar-refractivity contribution is 5.77. The second kappa shape index (κ2) is 6.31. The van der Waals surface area contributed by atoms with Gasteiger partial charge in [-0.05, 0) is 19.4 Å². The Morgan fingerprint density at radius 3 is 3.09 bits per heavy atom. The normalized spacial score (nSPS) is 18.6. The summed E-state index contributed by atoms with van der Waals surface area (Å²) in [6.07, 6.45) is 4.69. The van der Waals surface area contributed by atoms with Crippen molar-refractivity contribution < 1.29 is 9.53 Å². The molecule has 1 aliphatic rings. The van der Waals surface area contributed by atoms with Gasteiger partial charge in [-0.2, -0.15) is 5.10 Å². The number of aryl methyl sites for hydroxylation is 3. The molecule has 0 aliphatic carbocycles. The van der Waals surface area contributed by atoms with Gasteiger partial charge in [0.25, 0.3) is 0 Å². The third kappa shape index (κ3) is 3.04. The van der Waals surface area contributed by atoms with Crippen molar-refractivity contribution in [2.75, 3.05) is 19.8 Å². The summed E-state index contributed by atoms with van der Waals surface area (Å²) >= 11 is 0. The van der Waals surface area contributed by atoms with E-state index in [1.54, 1.807) is 17.1 Å². The smallest absolute Gasteiger partial charge is 0.223 e. The number of ether oxygens (including phenoxy) is 1. The molecule has 1 fully saturated rings. The Bertz CT molecular complexity index is 648. The highest BCUT2D eigenvalue weighted by Gasteiger charge is 2.30. The first-order valence-corrected chi connectivity index (χ1v) is 7.51. The van der Waals surface area contributed by atoms with Crippen molar-refractivity contribution in [2.24, 2.45) is 7.05 Å². The van der Waals surface area contributed by atoms with Crippen molar-refractivity contribution in [3.05, 3.63) is 35.7 Å². The van der Waals surface area contributed by atoms with Crippen LogP contribution in [0.2, 0.25) is 0 Å². The molecule has 118 valence electrons. The molecule has 0 saturated carbocycles. The quantitative estimate of drug-likeness (QED) is 0.913. The molecule has 22 heavy (non-hydrogen) atoms. The molecule has 7 heteroatoms. The zero-order chi connectivity index (χ0) is 15.5. The standard InChI is InChI=1S/C15H21N5O2/c1-11-9-16-15(18-11)13-10-22-8-7-20(13)14(21)4-3-12-5-6-17-19(12)2/h5-6,9,13H,3-4,7-8,10H2,1-2H3,(H,16,18)/t13-/m0/s1. The van der Waals surface area contributed by atoms with E-state index >= 15 is 0 Å². The maximum atomic E-state index is 12.6. The molecule has 0 unspecified atom stereocenters. The highest BCUT2D eigenvalue weighted by atomic mass is 16.5. The fourth-order valence-electron chi connectivity index (χ4n) is 2.76. The largest absolute Gasteiger partial charge is 0.377 e. The Morgan fingerprint density at radius 1 is 1.55 bits per heavy atom. The van der Waals surface area contributed by atoms with E-state index in [1.807, 2.05) is 24.9 Å². The lowest BCUT2D eigenvalue weighted by Gasteiger charge is -2.34. The van der Waals surface area contributed by atoms with Gasteiger partial charge in [0.15, 0.2) is 0 Å². The summed E-state index contributed by atoms with van der Waals surface area (Å²) in [6.45, 7) is 3.63. The van der Waals surface area contributed by atoms with Gasteiger partial charge in [0.05, 0.1) is 13.2 Å². The lowest BCUT2D eigenvalue weighted by atomic mass is 10.1. The van der Waals surface area contributed by atoms with Crippen LogP contribution < -0.4 is 0 Å². The number of nitrogens with zero attached hydrogens (tertiary/aromatic N) is 4. The minimum Gasteiger partial charge on any atom is -0.377 e. The van der Waals surface area contributed by atoms with Gasteiger partial charge in [-0.15, -0.1) is 0 Å². The van der Waals surface area contributed by atoms with Crippen LogP contribution in [0.1, 0.15) is 29.7 Å². The van der Waals surface area contributed by atoms with E-state index in [9.17, 15) is 4.79 Å². The number of imidazole rings is 1. The van der Waals surface area contributed by atoms with Gasteiger partial charge in [0.2, 0.25) is 5.91 Å². The molecule has 0 aromatic carbocycles. The van der Waals surface area contributed by atoms with Crippen molar-refractivity contribution in [3.8, 4) is 0 Å². The predicted molar refractivity (Wildman–Crippen MR) is 80.1 cm³/mol. The Labute approximate surface area is 129 Å². The number of hydrogen-bond acceptors (Lipinski definition) is 4. The molecule has 1 N–H and O–H groups in total. The van der Waals surface area contributed by atoms with E-state index in [-0.39, 0.29) is 11.9 Å². The maximum absolute atomic E-state index is 12.6. The number of hydrogen-bond donors (Lipinski definition) is 1. The van der Waals surface area contributed by atoms with Crippen molar-refractivity contribution >= 4 is 5.91 Å². The summed E-state index contributed by atoms with van der Waals surface area (Å²) in [4.78, 5) is 22.0. The van der Waals surface area contributed by atoms with Crippen LogP contribution in [0.25, 0.3) is 0 Å². The van der Waals surface area contributed by atoms with Crippen molar-refractivity contribution in [1.82, 2.24) is 24.6 Å². The molecule has 1 saturated heterocycles. The van der Waals surface area contributed by atoms with E-state index < -0.39 is 0 Å². The summed E-state index contributed by atoms with van der Waals surface area (Å²) in [5.41, 5.74) is 2.05. The number of amides is 1. The maximum Gasteiger partial charge on any atom is 0.223 e. The number of nitrogens with one attached hydrogen (secondary N) is 1. The zero-order valence-corrected chi connectivity index (χ0v) is 13.0. The average Bonchev–Trinajstić information content (AvgIpc) is 3.13. The van der Waals surface area contributed by atoms with E-state index in [1.165, 1.54) is 0 Å². The molecule has 1 aliphatic heterocycles. The van der Waals surface area contributed by atoms with E-state index in [0.717, 1.165) is 17.2 Å². The molecule has 2 aromatic rings. The molecule has 3 rings (SSSR count). The monoisotopic (exact) mass is 303 g/mol. The summed E-state index contributed by atoms with van der Waals surface area (Å²) in [6, 6.07) is 1.82. The average molecular weight is 303 g/mol. The van der Waals surface area contributed by atoms with Crippen LogP contribution in [0.5, 0.6) is 0 Å².